The van der Waals surface area contributed by atoms with Crippen LogP contribution in [0, 0.1) is 0 Å². The molecule has 1 aromatic heterocycles. The smallest absolute Gasteiger partial charge is 0.324 e. The van der Waals surface area contributed by atoms with Crippen LogP contribution in [-0.4, -0.2) is 19.3 Å². The van der Waals surface area contributed by atoms with E-state index in [4.69, 9.17) is 16.0 Å². The Labute approximate surface area is 138 Å². The number of hydrogen-bond acceptors (Lipinski definition) is 5. The Morgan fingerprint density at radius 1 is 1.26 bits per heavy atom. The first-order chi connectivity index (χ1) is 10.9. The van der Waals surface area contributed by atoms with Gasteiger partial charge in [-0.05, 0) is 37.1 Å². The number of halogens is 1. The van der Waals surface area contributed by atoms with Crippen molar-refractivity contribution in [3.05, 3.63) is 47.1 Å². The third-order valence-electron chi connectivity index (χ3n) is 3.53. The molecule has 0 spiro atoms. The lowest BCUT2D eigenvalue weighted by Gasteiger charge is -2.21. The van der Waals surface area contributed by atoms with Crippen LogP contribution < -0.4 is 9.44 Å². The first-order valence-corrected chi connectivity index (χ1v) is 8.85. The molecule has 1 aliphatic rings. The molecule has 1 fully saturated rings. The molecule has 23 heavy (non-hydrogen) atoms. The SMILES string of the molecule is O=C(NS(=O)(=O)Nc1ccc(Cl)cc1)c1coc(C2CCC2)n1. The van der Waals surface area contributed by atoms with Crippen molar-refractivity contribution >= 4 is 33.4 Å². The maximum atomic E-state index is 12.0. The highest BCUT2D eigenvalue weighted by Gasteiger charge is 2.26. The van der Waals surface area contributed by atoms with Crippen LogP contribution in [0.2, 0.25) is 5.02 Å². The Morgan fingerprint density at radius 3 is 2.57 bits per heavy atom. The van der Waals surface area contributed by atoms with Crippen molar-refractivity contribution in [2.24, 2.45) is 0 Å². The highest BCUT2D eigenvalue weighted by Crippen LogP contribution is 2.35. The largest absolute Gasteiger partial charge is 0.448 e. The van der Waals surface area contributed by atoms with E-state index >= 15 is 0 Å². The molecular weight excluding hydrogens is 342 g/mol. The minimum absolute atomic E-state index is 0.0617. The number of nitrogens with one attached hydrogen (secondary N) is 2. The second-order valence-electron chi connectivity index (χ2n) is 5.24. The summed E-state index contributed by atoms with van der Waals surface area (Å²) in [5, 5.41) is 0.475. The number of anilines is 1. The molecule has 0 bridgehead atoms. The molecule has 2 aromatic rings. The van der Waals surface area contributed by atoms with Crippen LogP contribution in [0.3, 0.4) is 0 Å². The Bertz CT molecular complexity index is 813. The van der Waals surface area contributed by atoms with E-state index in [0.29, 0.717) is 10.9 Å². The average molecular weight is 356 g/mol. The fraction of sp³-hybridized carbons (Fsp3) is 0.286. The minimum atomic E-state index is -4.07. The van der Waals surface area contributed by atoms with Gasteiger partial charge < -0.3 is 4.42 Å². The van der Waals surface area contributed by atoms with Crippen LogP contribution >= 0.6 is 11.6 Å². The molecule has 1 aliphatic carbocycles. The first-order valence-electron chi connectivity index (χ1n) is 6.99. The van der Waals surface area contributed by atoms with E-state index in [-0.39, 0.29) is 17.3 Å². The summed E-state index contributed by atoms with van der Waals surface area (Å²) >= 11 is 5.73. The van der Waals surface area contributed by atoms with Crippen molar-refractivity contribution in [1.82, 2.24) is 9.71 Å². The van der Waals surface area contributed by atoms with Gasteiger partial charge in [0.15, 0.2) is 11.6 Å². The van der Waals surface area contributed by atoms with Crippen molar-refractivity contribution in [3.8, 4) is 0 Å². The second-order valence-corrected chi connectivity index (χ2v) is 7.09. The Balaban J connectivity index is 1.65. The second kappa shape index (κ2) is 6.21. The molecule has 3 rings (SSSR count). The zero-order valence-corrected chi connectivity index (χ0v) is 13.5. The molecular formula is C14H14ClN3O4S. The monoisotopic (exact) mass is 355 g/mol. The Hall–Kier alpha value is -2.06. The van der Waals surface area contributed by atoms with Gasteiger partial charge in [0.25, 0.3) is 5.91 Å². The summed E-state index contributed by atoms with van der Waals surface area (Å²) in [6.07, 6.45) is 4.21. The van der Waals surface area contributed by atoms with Crippen LogP contribution in [0.25, 0.3) is 0 Å². The molecule has 0 atom stereocenters. The Morgan fingerprint density at radius 2 is 1.96 bits per heavy atom. The molecule has 0 saturated heterocycles. The first kappa shape index (κ1) is 15.8. The fourth-order valence-corrected chi connectivity index (χ4v) is 3.08. The number of carbonyl (C=O) groups excluding carboxylic acids is 1. The molecule has 7 nitrogen and oxygen atoms in total. The van der Waals surface area contributed by atoms with Crippen LogP contribution in [0.15, 0.2) is 34.9 Å². The lowest BCUT2D eigenvalue weighted by Crippen LogP contribution is -2.35. The van der Waals surface area contributed by atoms with E-state index in [2.05, 4.69) is 9.71 Å². The fourth-order valence-electron chi connectivity index (χ4n) is 2.11. The van der Waals surface area contributed by atoms with Crippen molar-refractivity contribution < 1.29 is 17.6 Å². The highest BCUT2D eigenvalue weighted by atomic mass is 35.5. The molecule has 1 aromatic carbocycles. The predicted octanol–water partition coefficient (Wildman–Crippen LogP) is 2.68. The average Bonchev–Trinajstić information content (AvgIpc) is 2.88. The van der Waals surface area contributed by atoms with Crippen LogP contribution in [-0.2, 0) is 10.2 Å². The third-order valence-corrected chi connectivity index (χ3v) is 4.74. The van der Waals surface area contributed by atoms with E-state index in [1.165, 1.54) is 30.5 Å². The van der Waals surface area contributed by atoms with Gasteiger partial charge in [-0.2, -0.15) is 8.42 Å². The van der Waals surface area contributed by atoms with Gasteiger partial charge in [-0.1, -0.05) is 18.0 Å². The number of aromatic nitrogens is 1. The quantitative estimate of drug-likeness (QED) is 0.858. The van der Waals surface area contributed by atoms with Gasteiger partial charge in [0.2, 0.25) is 0 Å². The molecule has 9 heteroatoms. The van der Waals surface area contributed by atoms with Crippen molar-refractivity contribution in [2.75, 3.05) is 4.72 Å². The number of carbonyl (C=O) groups is 1. The summed E-state index contributed by atoms with van der Waals surface area (Å²) < 4.78 is 33.2. The van der Waals surface area contributed by atoms with Crippen LogP contribution in [0.5, 0.6) is 0 Å². The highest BCUT2D eigenvalue weighted by molar-refractivity contribution is 7.91. The number of oxazole rings is 1. The number of nitrogens with zero attached hydrogens (tertiary/aromatic N) is 1. The van der Waals surface area contributed by atoms with Crippen molar-refractivity contribution in [3.63, 3.8) is 0 Å². The molecule has 1 amide bonds. The number of hydrogen-bond donors (Lipinski definition) is 2. The Kier molecular flexibility index (Phi) is 4.27. The summed E-state index contributed by atoms with van der Waals surface area (Å²) in [5.41, 5.74) is 0.221. The maximum absolute atomic E-state index is 12.0. The third kappa shape index (κ3) is 3.83. The summed E-state index contributed by atoms with van der Waals surface area (Å²) in [4.78, 5) is 16.0. The van der Waals surface area contributed by atoms with Gasteiger partial charge in [0, 0.05) is 10.9 Å². The summed E-state index contributed by atoms with van der Waals surface area (Å²) in [5.74, 6) is -0.148. The van der Waals surface area contributed by atoms with E-state index < -0.39 is 16.1 Å². The van der Waals surface area contributed by atoms with Gasteiger partial charge in [0.05, 0.1) is 5.69 Å². The van der Waals surface area contributed by atoms with Gasteiger partial charge >= 0.3 is 10.2 Å². The lowest BCUT2D eigenvalue weighted by molar-refractivity contribution is 0.0976. The van der Waals surface area contributed by atoms with E-state index in [9.17, 15) is 13.2 Å². The molecule has 0 unspecified atom stereocenters. The lowest BCUT2D eigenvalue weighted by atomic mass is 9.85. The summed E-state index contributed by atoms with van der Waals surface area (Å²) in [6.45, 7) is 0. The number of amides is 1. The molecule has 0 radical (unpaired) electrons. The van der Waals surface area contributed by atoms with Crippen LogP contribution in [0.4, 0.5) is 5.69 Å². The molecule has 0 aliphatic heterocycles. The van der Waals surface area contributed by atoms with Crippen molar-refractivity contribution in [1.29, 1.82) is 0 Å². The maximum Gasteiger partial charge on any atom is 0.324 e. The molecule has 2 N–H and O–H groups in total. The van der Waals surface area contributed by atoms with Gasteiger partial charge in [-0.15, -0.1) is 0 Å². The molecule has 1 saturated carbocycles. The number of rotatable bonds is 5. The summed E-state index contributed by atoms with van der Waals surface area (Å²) in [6, 6.07) is 6.03. The van der Waals surface area contributed by atoms with E-state index in [1.54, 1.807) is 0 Å². The minimum Gasteiger partial charge on any atom is -0.448 e. The van der Waals surface area contributed by atoms with Gasteiger partial charge in [0.1, 0.15) is 6.26 Å². The number of benzene rings is 1. The predicted molar refractivity (Wildman–Crippen MR) is 84.6 cm³/mol. The van der Waals surface area contributed by atoms with Crippen molar-refractivity contribution in [2.45, 2.75) is 25.2 Å². The van der Waals surface area contributed by atoms with Gasteiger partial charge in [-0.3, -0.25) is 9.52 Å². The zero-order valence-electron chi connectivity index (χ0n) is 12.0. The topological polar surface area (TPSA) is 101 Å². The normalized spacial score (nSPS) is 15.0. The zero-order chi connectivity index (χ0) is 16.4. The van der Waals surface area contributed by atoms with E-state index in [0.717, 1.165) is 19.3 Å². The standard InChI is InChI=1S/C14H14ClN3O4S/c15-10-4-6-11(7-5-10)17-23(20,21)18-13(19)12-8-22-14(16-12)9-2-1-3-9/h4-9,17H,1-3H2,(H,18,19). The molecule has 122 valence electrons. The van der Waals surface area contributed by atoms with Crippen LogP contribution in [0.1, 0.15) is 41.6 Å². The van der Waals surface area contributed by atoms with E-state index in [1.807, 2.05) is 4.72 Å². The summed E-state index contributed by atoms with van der Waals surface area (Å²) in [7, 11) is -4.07. The molecule has 1 heterocycles. The van der Waals surface area contributed by atoms with Gasteiger partial charge in [-0.25, -0.2) is 9.71 Å².